The van der Waals surface area contributed by atoms with E-state index in [1.54, 1.807) is 4.90 Å². The van der Waals surface area contributed by atoms with E-state index < -0.39 is 16.1 Å². The molecule has 28 heavy (non-hydrogen) atoms. The molecule has 1 amide bonds. The van der Waals surface area contributed by atoms with Crippen LogP contribution in [0.1, 0.15) is 18.4 Å². The summed E-state index contributed by atoms with van der Waals surface area (Å²) in [6, 6.07) is 17.6. The minimum atomic E-state index is -3.38. The van der Waals surface area contributed by atoms with E-state index in [0.29, 0.717) is 19.4 Å². The molecule has 2 aromatic rings. The minimum absolute atomic E-state index is 0.304. The molecule has 7 heteroatoms. The predicted molar refractivity (Wildman–Crippen MR) is 109 cm³/mol. The van der Waals surface area contributed by atoms with Crippen molar-refractivity contribution < 1.29 is 17.9 Å². The average Bonchev–Trinajstić information content (AvgIpc) is 2.68. The lowest BCUT2D eigenvalue weighted by molar-refractivity contribution is 0.0792. The topological polar surface area (TPSA) is 75.7 Å². The first kappa shape index (κ1) is 20.4. The summed E-state index contributed by atoms with van der Waals surface area (Å²) < 4.78 is 31.3. The lowest BCUT2D eigenvalue weighted by Crippen LogP contribution is -2.57. The van der Waals surface area contributed by atoms with E-state index in [4.69, 9.17) is 4.74 Å². The average molecular weight is 403 g/mol. The van der Waals surface area contributed by atoms with Crippen LogP contribution in [-0.2, 0) is 21.2 Å². The van der Waals surface area contributed by atoms with E-state index in [1.807, 2.05) is 36.4 Å². The number of hydrogen-bond acceptors (Lipinski definition) is 4. The monoisotopic (exact) mass is 402 g/mol. The lowest BCUT2D eigenvalue weighted by atomic mass is 9.90. The van der Waals surface area contributed by atoms with Gasteiger partial charge in [0.05, 0.1) is 19.4 Å². The molecule has 1 fully saturated rings. The quantitative estimate of drug-likeness (QED) is 0.834. The molecule has 0 aliphatic carbocycles. The molecule has 0 saturated carbocycles. The molecular weight excluding hydrogens is 376 g/mol. The number of methoxy groups -OCH3 is 1. The van der Waals surface area contributed by atoms with Crippen LogP contribution in [-0.4, -0.2) is 51.4 Å². The maximum Gasteiger partial charge on any atom is 0.409 e. The van der Waals surface area contributed by atoms with Gasteiger partial charge in [-0.25, -0.2) is 17.9 Å². The number of nitrogens with zero attached hydrogens (tertiary/aromatic N) is 1. The van der Waals surface area contributed by atoms with Crippen LogP contribution in [0, 0.1) is 0 Å². The molecule has 6 nitrogen and oxygen atoms in total. The third-order valence-electron chi connectivity index (χ3n) is 5.03. The van der Waals surface area contributed by atoms with Crippen LogP contribution in [0.4, 0.5) is 4.79 Å². The van der Waals surface area contributed by atoms with Crippen molar-refractivity contribution in [1.29, 1.82) is 0 Å². The molecule has 2 aromatic carbocycles. The van der Waals surface area contributed by atoms with E-state index in [1.165, 1.54) is 7.11 Å². The normalized spacial score (nSPS) is 20.0. The number of likely N-dealkylation sites (tertiary alicyclic amines) is 1. The predicted octanol–water partition coefficient (Wildman–Crippen LogP) is 3.04. The third-order valence-corrected chi connectivity index (χ3v) is 5.76. The number of amides is 1. The molecule has 150 valence electrons. The summed E-state index contributed by atoms with van der Waals surface area (Å²) in [7, 11) is -2.03. The van der Waals surface area contributed by atoms with Crippen LogP contribution in [0.5, 0.6) is 0 Å². The largest absolute Gasteiger partial charge is 0.453 e. The van der Waals surface area contributed by atoms with Crippen molar-refractivity contribution in [1.82, 2.24) is 9.62 Å². The number of carbonyl (C=O) groups excluding carboxylic acids is 1. The molecule has 0 spiro atoms. The fraction of sp³-hybridized carbons (Fsp3) is 0.381. The summed E-state index contributed by atoms with van der Waals surface area (Å²) in [6.45, 7) is 0.553. The maximum atomic E-state index is 12.3. The molecule has 1 heterocycles. The zero-order chi connectivity index (χ0) is 20.1. The number of ether oxygens (including phenoxy) is 1. The van der Waals surface area contributed by atoms with Gasteiger partial charge in [-0.2, -0.15) is 0 Å². The molecule has 3 rings (SSSR count). The van der Waals surface area contributed by atoms with Gasteiger partial charge in [0, 0.05) is 12.6 Å². The summed E-state index contributed by atoms with van der Waals surface area (Å²) in [4.78, 5) is 13.9. The van der Waals surface area contributed by atoms with Crippen LogP contribution >= 0.6 is 0 Å². The molecule has 0 unspecified atom stereocenters. The summed E-state index contributed by atoms with van der Waals surface area (Å²) >= 11 is 0. The van der Waals surface area contributed by atoms with E-state index >= 15 is 0 Å². The van der Waals surface area contributed by atoms with Crippen molar-refractivity contribution in [3.8, 4) is 11.1 Å². The Kier molecular flexibility index (Phi) is 6.36. The highest BCUT2D eigenvalue weighted by atomic mass is 32.2. The second-order valence-electron chi connectivity index (χ2n) is 7.14. The summed E-state index contributed by atoms with van der Waals surface area (Å²) in [5, 5.41) is 0. The Labute approximate surface area is 166 Å². The summed E-state index contributed by atoms with van der Waals surface area (Å²) in [5.74, 6) is 0. The van der Waals surface area contributed by atoms with Gasteiger partial charge in [-0.15, -0.1) is 0 Å². The highest BCUT2D eigenvalue weighted by Gasteiger charge is 2.36. The Morgan fingerprint density at radius 3 is 2.54 bits per heavy atom. The van der Waals surface area contributed by atoms with Crippen LogP contribution in [0.15, 0.2) is 54.6 Å². The second-order valence-corrected chi connectivity index (χ2v) is 8.92. The zero-order valence-electron chi connectivity index (χ0n) is 16.2. The van der Waals surface area contributed by atoms with Crippen LogP contribution < -0.4 is 4.72 Å². The van der Waals surface area contributed by atoms with E-state index in [2.05, 4.69) is 22.9 Å². The fourth-order valence-electron chi connectivity index (χ4n) is 3.82. The Balaban J connectivity index is 1.89. The number of nitrogens with one attached hydrogen (secondary N) is 1. The van der Waals surface area contributed by atoms with Crippen LogP contribution in [0.2, 0.25) is 0 Å². The highest BCUT2D eigenvalue weighted by molar-refractivity contribution is 7.88. The molecule has 0 radical (unpaired) electrons. The van der Waals surface area contributed by atoms with E-state index in [9.17, 15) is 13.2 Å². The van der Waals surface area contributed by atoms with Crippen molar-refractivity contribution in [2.75, 3.05) is 19.9 Å². The van der Waals surface area contributed by atoms with Gasteiger partial charge in [0.1, 0.15) is 0 Å². The number of piperidine rings is 1. The first-order valence-corrected chi connectivity index (χ1v) is 11.2. The van der Waals surface area contributed by atoms with Crippen molar-refractivity contribution >= 4 is 16.1 Å². The maximum absolute atomic E-state index is 12.3. The molecule has 1 aliphatic rings. The Hall–Kier alpha value is -2.38. The second kappa shape index (κ2) is 8.75. The number of sulfonamides is 1. The molecule has 1 N–H and O–H groups in total. The first-order valence-electron chi connectivity index (χ1n) is 9.33. The van der Waals surface area contributed by atoms with Crippen molar-refractivity contribution in [3.63, 3.8) is 0 Å². The SMILES string of the molecule is COC(=O)N1CCC[C@H](NS(C)(=O)=O)[C@@H]1Cc1cccc(-c2ccccc2)c1. The smallest absolute Gasteiger partial charge is 0.409 e. The summed E-state index contributed by atoms with van der Waals surface area (Å²) in [6.07, 6.45) is 2.68. The zero-order valence-corrected chi connectivity index (χ0v) is 17.0. The van der Waals surface area contributed by atoms with E-state index in [-0.39, 0.29) is 12.1 Å². The van der Waals surface area contributed by atoms with Crippen molar-refractivity contribution in [2.24, 2.45) is 0 Å². The molecule has 0 bridgehead atoms. The molecule has 2 atom stereocenters. The van der Waals surface area contributed by atoms with E-state index in [0.717, 1.165) is 29.4 Å². The lowest BCUT2D eigenvalue weighted by Gasteiger charge is -2.40. The van der Waals surface area contributed by atoms with Gasteiger partial charge in [0.2, 0.25) is 10.0 Å². The minimum Gasteiger partial charge on any atom is -0.453 e. The van der Waals surface area contributed by atoms with Gasteiger partial charge >= 0.3 is 6.09 Å². The van der Waals surface area contributed by atoms with Gasteiger partial charge in [0.25, 0.3) is 0 Å². The third kappa shape index (κ3) is 5.11. The van der Waals surface area contributed by atoms with Crippen molar-refractivity contribution in [3.05, 3.63) is 60.2 Å². The molecule has 1 aliphatic heterocycles. The number of carbonyl (C=O) groups is 1. The molecule has 0 aromatic heterocycles. The van der Waals surface area contributed by atoms with Gasteiger partial charge < -0.3 is 9.64 Å². The van der Waals surface area contributed by atoms with Crippen molar-refractivity contribution in [2.45, 2.75) is 31.3 Å². The number of benzene rings is 2. The van der Waals surface area contributed by atoms with Crippen LogP contribution in [0.25, 0.3) is 11.1 Å². The summed E-state index contributed by atoms with van der Waals surface area (Å²) in [5.41, 5.74) is 3.25. The van der Waals surface area contributed by atoms with Gasteiger partial charge in [0.15, 0.2) is 0 Å². The number of hydrogen-bond donors (Lipinski definition) is 1. The van der Waals surface area contributed by atoms with Crippen LogP contribution in [0.3, 0.4) is 0 Å². The number of rotatable bonds is 5. The highest BCUT2D eigenvalue weighted by Crippen LogP contribution is 2.25. The Morgan fingerprint density at radius 2 is 1.86 bits per heavy atom. The fourth-order valence-corrected chi connectivity index (χ4v) is 4.64. The molecule has 1 saturated heterocycles. The molecular formula is C21H26N2O4S. The van der Waals surface area contributed by atoms with Gasteiger partial charge in [-0.3, -0.25) is 0 Å². The Bertz CT molecular complexity index is 915. The standard InChI is InChI=1S/C21H26N2O4S/c1-27-21(24)23-13-7-12-19(22-28(2,25)26)20(23)15-16-8-6-11-18(14-16)17-9-4-3-5-10-17/h3-6,8-11,14,19-20,22H,7,12-13,15H2,1-2H3/t19-,20-/m0/s1. The van der Waals surface area contributed by atoms with Gasteiger partial charge in [-0.1, -0.05) is 54.6 Å². The Morgan fingerprint density at radius 1 is 1.14 bits per heavy atom. The van der Waals surface area contributed by atoms with Gasteiger partial charge in [-0.05, 0) is 36.0 Å². The first-order chi connectivity index (χ1) is 13.4.